The minimum atomic E-state index is -0.0139. The number of piperidine rings is 1. The van der Waals surface area contributed by atoms with Crippen molar-refractivity contribution in [2.75, 3.05) is 20.1 Å². The van der Waals surface area contributed by atoms with Gasteiger partial charge in [-0.25, -0.2) is 4.98 Å². The number of nitrogens with zero attached hydrogens (tertiary/aromatic N) is 3. The van der Waals surface area contributed by atoms with Gasteiger partial charge in [0.2, 0.25) is 0 Å². The SMILES string of the molecule is CCC(C#N)c1nc(C2CCN(C)CC2)cs1. The minimum absolute atomic E-state index is 0.0139. The summed E-state index contributed by atoms with van der Waals surface area (Å²) in [4.78, 5) is 7.05. The average Bonchev–Trinajstić information content (AvgIpc) is 2.81. The van der Waals surface area contributed by atoms with E-state index >= 15 is 0 Å². The Morgan fingerprint density at radius 1 is 1.59 bits per heavy atom. The van der Waals surface area contributed by atoms with Crippen LogP contribution in [0.3, 0.4) is 0 Å². The molecule has 0 aromatic carbocycles. The molecule has 2 rings (SSSR count). The van der Waals surface area contributed by atoms with Gasteiger partial charge in [0.15, 0.2) is 0 Å². The first kappa shape index (κ1) is 12.5. The monoisotopic (exact) mass is 249 g/mol. The zero-order chi connectivity index (χ0) is 12.3. The second kappa shape index (κ2) is 5.61. The van der Waals surface area contributed by atoms with Crippen LogP contribution in [0.25, 0.3) is 0 Å². The number of hydrogen-bond donors (Lipinski definition) is 0. The second-order valence-corrected chi connectivity index (χ2v) is 5.67. The Morgan fingerprint density at radius 2 is 2.29 bits per heavy atom. The molecule has 0 saturated carbocycles. The Balaban J connectivity index is 2.06. The third-order valence-electron chi connectivity index (χ3n) is 3.54. The Morgan fingerprint density at radius 3 is 2.88 bits per heavy atom. The molecule has 1 saturated heterocycles. The summed E-state index contributed by atoms with van der Waals surface area (Å²) in [5.74, 6) is 0.590. The van der Waals surface area contributed by atoms with Crippen molar-refractivity contribution in [3.05, 3.63) is 16.1 Å². The fraction of sp³-hybridized carbons (Fsp3) is 0.692. The summed E-state index contributed by atoms with van der Waals surface area (Å²) in [6, 6.07) is 2.33. The standard InChI is InChI=1S/C13H19N3S/c1-3-10(8-14)13-15-12(9-17-13)11-4-6-16(2)7-5-11/h9-11H,3-7H2,1-2H3. The molecule has 92 valence electrons. The van der Waals surface area contributed by atoms with Crippen LogP contribution in [-0.4, -0.2) is 30.0 Å². The summed E-state index contributed by atoms with van der Waals surface area (Å²) in [5.41, 5.74) is 1.21. The van der Waals surface area contributed by atoms with E-state index in [1.54, 1.807) is 11.3 Å². The van der Waals surface area contributed by atoms with Gasteiger partial charge in [0, 0.05) is 11.3 Å². The fourth-order valence-electron chi connectivity index (χ4n) is 2.27. The van der Waals surface area contributed by atoms with Gasteiger partial charge in [0.05, 0.1) is 17.7 Å². The summed E-state index contributed by atoms with van der Waals surface area (Å²) >= 11 is 1.65. The topological polar surface area (TPSA) is 39.9 Å². The lowest BCUT2D eigenvalue weighted by atomic mass is 9.94. The molecular formula is C13H19N3S. The van der Waals surface area contributed by atoms with Crippen LogP contribution < -0.4 is 0 Å². The quantitative estimate of drug-likeness (QED) is 0.827. The van der Waals surface area contributed by atoms with Gasteiger partial charge in [-0.2, -0.15) is 5.26 Å². The molecule has 0 N–H and O–H groups in total. The van der Waals surface area contributed by atoms with Crippen LogP contribution in [0, 0.1) is 11.3 Å². The summed E-state index contributed by atoms with van der Waals surface area (Å²) < 4.78 is 0. The second-order valence-electron chi connectivity index (χ2n) is 4.78. The third kappa shape index (κ3) is 2.85. The molecule has 3 nitrogen and oxygen atoms in total. The van der Waals surface area contributed by atoms with Gasteiger partial charge in [0.25, 0.3) is 0 Å². The first-order valence-corrected chi connectivity index (χ1v) is 7.16. The molecule has 0 radical (unpaired) electrons. The van der Waals surface area contributed by atoms with Crippen molar-refractivity contribution in [1.82, 2.24) is 9.88 Å². The maximum atomic E-state index is 9.04. The largest absolute Gasteiger partial charge is 0.306 e. The van der Waals surface area contributed by atoms with Crippen LogP contribution in [0.1, 0.15) is 48.7 Å². The van der Waals surface area contributed by atoms with E-state index in [-0.39, 0.29) is 5.92 Å². The van der Waals surface area contributed by atoms with Crippen molar-refractivity contribution < 1.29 is 0 Å². The molecule has 0 amide bonds. The Kier molecular flexibility index (Phi) is 4.14. The predicted molar refractivity (Wildman–Crippen MR) is 70.2 cm³/mol. The number of hydrogen-bond acceptors (Lipinski definition) is 4. The molecule has 1 fully saturated rings. The molecule has 0 bridgehead atoms. The van der Waals surface area contributed by atoms with Crippen molar-refractivity contribution in [2.45, 2.75) is 38.0 Å². The maximum absolute atomic E-state index is 9.04. The molecule has 0 aliphatic carbocycles. The van der Waals surface area contributed by atoms with Crippen molar-refractivity contribution >= 4 is 11.3 Å². The molecule has 1 unspecified atom stereocenters. The molecule has 17 heavy (non-hydrogen) atoms. The van der Waals surface area contributed by atoms with E-state index < -0.39 is 0 Å². The van der Waals surface area contributed by atoms with E-state index in [1.807, 2.05) is 6.92 Å². The lowest BCUT2D eigenvalue weighted by molar-refractivity contribution is 0.253. The lowest BCUT2D eigenvalue weighted by Gasteiger charge is -2.27. The molecule has 2 heterocycles. The van der Waals surface area contributed by atoms with Crippen molar-refractivity contribution in [3.8, 4) is 6.07 Å². The number of nitriles is 1. The van der Waals surface area contributed by atoms with Crippen molar-refractivity contribution in [1.29, 1.82) is 5.26 Å². The molecule has 1 aliphatic rings. The summed E-state index contributed by atoms with van der Waals surface area (Å²) in [6.45, 7) is 4.37. The normalized spacial score (nSPS) is 20.1. The van der Waals surface area contributed by atoms with E-state index in [1.165, 1.54) is 18.5 Å². The highest BCUT2D eigenvalue weighted by atomic mass is 32.1. The Bertz CT molecular complexity index is 399. The molecular weight excluding hydrogens is 230 g/mol. The van der Waals surface area contributed by atoms with Crippen LogP contribution in [0.5, 0.6) is 0 Å². The number of rotatable bonds is 3. The van der Waals surface area contributed by atoms with Gasteiger partial charge < -0.3 is 4.90 Å². The van der Waals surface area contributed by atoms with Crippen molar-refractivity contribution in [3.63, 3.8) is 0 Å². The highest BCUT2D eigenvalue weighted by Gasteiger charge is 2.22. The summed E-state index contributed by atoms with van der Waals surface area (Å²) in [5, 5.41) is 12.2. The average molecular weight is 249 g/mol. The lowest BCUT2D eigenvalue weighted by Crippen LogP contribution is -2.29. The minimum Gasteiger partial charge on any atom is -0.306 e. The van der Waals surface area contributed by atoms with Crippen LogP contribution in [0.2, 0.25) is 0 Å². The number of likely N-dealkylation sites (tertiary alicyclic amines) is 1. The van der Waals surface area contributed by atoms with Crippen LogP contribution in [0.15, 0.2) is 5.38 Å². The Hall–Kier alpha value is -0.920. The Labute approximate surface area is 107 Å². The number of aromatic nitrogens is 1. The van der Waals surface area contributed by atoms with Gasteiger partial charge in [-0.1, -0.05) is 6.92 Å². The van der Waals surface area contributed by atoms with Gasteiger partial charge in [0.1, 0.15) is 5.01 Å². The van der Waals surface area contributed by atoms with Crippen LogP contribution in [0.4, 0.5) is 0 Å². The van der Waals surface area contributed by atoms with E-state index in [0.717, 1.165) is 24.5 Å². The molecule has 1 aliphatic heterocycles. The molecule has 0 spiro atoms. The first-order valence-electron chi connectivity index (χ1n) is 6.28. The zero-order valence-electron chi connectivity index (χ0n) is 10.5. The van der Waals surface area contributed by atoms with Crippen LogP contribution in [-0.2, 0) is 0 Å². The van der Waals surface area contributed by atoms with Crippen LogP contribution >= 0.6 is 11.3 Å². The molecule has 1 atom stereocenters. The fourth-order valence-corrected chi connectivity index (χ4v) is 3.30. The summed E-state index contributed by atoms with van der Waals surface area (Å²) in [7, 11) is 2.17. The van der Waals surface area contributed by atoms with Gasteiger partial charge in [-0.05, 0) is 39.4 Å². The van der Waals surface area contributed by atoms with E-state index in [2.05, 4.69) is 28.4 Å². The van der Waals surface area contributed by atoms with E-state index in [0.29, 0.717) is 5.92 Å². The highest BCUT2D eigenvalue weighted by Crippen LogP contribution is 2.31. The molecule has 1 aromatic heterocycles. The van der Waals surface area contributed by atoms with Gasteiger partial charge in [-0.15, -0.1) is 11.3 Å². The van der Waals surface area contributed by atoms with Gasteiger partial charge in [-0.3, -0.25) is 0 Å². The first-order chi connectivity index (χ1) is 8.24. The van der Waals surface area contributed by atoms with Crippen molar-refractivity contribution in [2.24, 2.45) is 0 Å². The smallest absolute Gasteiger partial charge is 0.110 e. The highest BCUT2D eigenvalue weighted by molar-refractivity contribution is 7.09. The number of thiazole rings is 1. The molecule has 4 heteroatoms. The summed E-state index contributed by atoms with van der Waals surface area (Å²) in [6.07, 6.45) is 3.25. The zero-order valence-corrected chi connectivity index (χ0v) is 11.3. The van der Waals surface area contributed by atoms with E-state index in [9.17, 15) is 0 Å². The maximum Gasteiger partial charge on any atom is 0.110 e. The molecule has 1 aromatic rings. The van der Waals surface area contributed by atoms with Gasteiger partial charge >= 0.3 is 0 Å². The predicted octanol–water partition coefficient (Wildman–Crippen LogP) is 2.97. The van der Waals surface area contributed by atoms with E-state index in [4.69, 9.17) is 5.26 Å². The third-order valence-corrected chi connectivity index (χ3v) is 4.52.